The lowest BCUT2D eigenvalue weighted by atomic mass is 10.2. The fraction of sp³-hybridized carbons (Fsp3) is 0.571. The van der Waals surface area contributed by atoms with E-state index in [2.05, 4.69) is 9.80 Å². The molecule has 0 spiro atoms. The monoisotopic (exact) mass is 253 g/mol. The van der Waals surface area contributed by atoms with Gasteiger partial charge in [0.05, 0.1) is 11.4 Å². The number of piperazine rings is 1. The maximum atomic E-state index is 12.2. The van der Waals surface area contributed by atoms with Gasteiger partial charge in [-0.15, -0.1) is 0 Å². The molecule has 0 unspecified atom stereocenters. The number of anilines is 2. The Hall–Kier alpha value is -1.29. The zero-order valence-electron chi connectivity index (χ0n) is 11.4. The number of nitrogens with zero attached hydrogens (tertiary/aromatic N) is 2. The van der Waals surface area contributed by atoms with Gasteiger partial charge >= 0.3 is 0 Å². The molecule has 0 aromatic heterocycles. The summed E-state index contributed by atoms with van der Waals surface area (Å²) >= 11 is 0. The number of hydrogen-bond donors (Lipinski definition) is 1. The van der Waals surface area contributed by atoms with Crippen molar-refractivity contribution in [2.24, 2.45) is 0 Å². The first-order valence-electron chi connectivity index (χ1n) is 6.69. The topological polar surface area (TPSA) is 32.5 Å². The maximum absolute atomic E-state index is 12.2. The maximum Gasteiger partial charge on any atom is 0.102 e. The summed E-state index contributed by atoms with van der Waals surface area (Å²) in [6.07, 6.45) is 0. The number of hydrogen-bond acceptors (Lipinski definition) is 3. The molecule has 0 amide bonds. The Kier molecular flexibility index (Phi) is 6.50. The van der Waals surface area contributed by atoms with Crippen LogP contribution >= 0.6 is 0 Å². The lowest BCUT2D eigenvalue weighted by Crippen LogP contribution is -2.47. The van der Waals surface area contributed by atoms with Gasteiger partial charge in [0.2, 0.25) is 0 Å². The second kappa shape index (κ2) is 7.93. The van der Waals surface area contributed by atoms with Gasteiger partial charge in [-0.1, -0.05) is 26.0 Å². The van der Waals surface area contributed by atoms with Crippen LogP contribution in [0.4, 0.5) is 15.8 Å². The van der Waals surface area contributed by atoms with Gasteiger partial charge in [0.25, 0.3) is 0 Å². The predicted molar refractivity (Wildman–Crippen MR) is 76.8 cm³/mol. The predicted octanol–water partition coefficient (Wildman–Crippen LogP) is 2.39. The molecule has 1 fully saturated rings. The van der Waals surface area contributed by atoms with Crippen molar-refractivity contribution in [2.45, 2.75) is 13.8 Å². The van der Waals surface area contributed by atoms with Gasteiger partial charge in [0, 0.05) is 32.7 Å². The number of nitrogens with two attached hydrogens (primary N) is 1. The van der Waals surface area contributed by atoms with E-state index in [-0.39, 0.29) is 6.67 Å². The Morgan fingerprint density at radius 2 is 1.72 bits per heavy atom. The highest BCUT2D eigenvalue weighted by atomic mass is 19.1. The fourth-order valence-electron chi connectivity index (χ4n) is 2.11. The highest BCUT2D eigenvalue weighted by molar-refractivity contribution is 5.67. The number of nitrogen functional groups attached to an aromatic ring is 1. The summed E-state index contributed by atoms with van der Waals surface area (Å²) in [6.45, 7) is 7.98. The quantitative estimate of drug-likeness (QED) is 0.840. The molecule has 0 bridgehead atoms. The third kappa shape index (κ3) is 3.88. The van der Waals surface area contributed by atoms with Crippen LogP contribution in [0.5, 0.6) is 0 Å². The van der Waals surface area contributed by atoms with E-state index in [9.17, 15) is 4.39 Å². The van der Waals surface area contributed by atoms with Crippen LogP contribution in [-0.4, -0.2) is 44.3 Å². The van der Waals surface area contributed by atoms with Gasteiger partial charge in [-0.05, 0) is 12.1 Å². The summed E-state index contributed by atoms with van der Waals surface area (Å²) in [7, 11) is 0. The molecule has 0 atom stereocenters. The molecule has 0 saturated carbocycles. The van der Waals surface area contributed by atoms with Gasteiger partial charge in [-0.2, -0.15) is 0 Å². The number of rotatable bonds is 3. The molecule has 1 heterocycles. The van der Waals surface area contributed by atoms with Crippen LogP contribution < -0.4 is 10.6 Å². The first kappa shape index (κ1) is 14.8. The van der Waals surface area contributed by atoms with E-state index in [0.29, 0.717) is 6.54 Å². The summed E-state index contributed by atoms with van der Waals surface area (Å²) in [4.78, 5) is 4.42. The van der Waals surface area contributed by atoms with Crippen molar-refractivity contribution in [1.29, 1.82) is 0 Å². The molecule has 1 saturated heterocycles. The van der Waals surface area contributed by atoms with E-state index in [1.165, 1.54) is 0 Å². The zero-order valence-corrected chi connectivity index (χ0v) is 11.4. The normalized spacial score (nSPS) is 16.1. The van der Waals surface area contributed by atoms with Gasteiger partial charge in [0.15, 0.2) is 0 Å². The fourth-order valence-corrected chi connectivity index (χ4v) is 2.11. The molecule has 18 heavy (non-hydrogen) atoms. The number of halogens is 1. The third-order valence-corrected chi connectivity index (χ3v) is 3.05. The molecule has 0 radical (unpaired) electrons. The van der Waals surface area contributed by atoms with Crippen LogP contribution in [0.25, 0.3) is 0 Å². The highest BCUT2D eigenvalue weighted by Gasteiger charge is 2.17. The first-order valence-corrected chi connectivity index (χ1v) is 6.69. The van der Waals surface area contributed by atoms with Crippen LogP contribution in [0.1, 0.15) is 13.8 Å². The van der Waals surface area contributed by atoms with E-state index >= 15 is 0 Å². The summed E-state index contributed by atoms with van der Waals surface area (Å²) in [5, 5.41) is 0. The van der Waals surface area contributed by atoms with Crippen LogP contribution in [0.15, 0.2) is 24.3 Å². The van der Waals surface area contributed by atoms with Crippen molar-refractivity contribution < 1.29 is 4.39 Å². The molecular formula is C14H24FN3. The second-order valence-corrected chi connectivity index (χ2v) is 4.08. The average molecular weight is 253 g/mol. The summed E-state index contributed by atoms with van der Waals surface area (Å²) in [6, 6.07) is 7.90. The first-order chi connectivity index (χ1) is 8.81. The van der Waals surface area contributed by atoms with Crippen molar-refractivity contribution >= 4 is 11.4 Å². The molecule has 1 aliphatic heterocycles. The molecule has 1 aromatic rings. The molecule has 1 aromatic carbocycles. The van der Waals surface area contributed by atoms with E-state index in [4.69, 9.17) is 5.73 Å². The van der Waals surface area contributed by atoms with Crippen molar-refractivity contribution in [1.82, 2.24) is 4.90 Å². The Labute approximate surface area is 109 Å². The van der Waals surface area contributed by atoms with E-state index in [1.54, 1.807) is 0 Å². The molecule has 3 nitrogen and oxygen atoms in total. The summed E-state index contributed by atoms with van der Waals surface area (Å²) in [5.74, 6) is 0. The highest BCUT2D eigenvalue weighted by Crippen LogP contribution is 2.23. The molecule has 2 rings (SSSR count). The Morgan fingerprint density at radius 3 is 2.28 bits per heavy atom. The molecular weight excluding hydrogens is 229 g/mol. The van der Waals surface area contributed by atoms with E-state index in [1.807, 2.05) is 38.1 Å². The van der Waals surface area contributed by atoms with E-state index in [0.717, 1.165) is 37.6 Å². The van der Waals surface area contributed by atoms with Gasteiger partial charge in [0.1, 0.15) is 6.67 Å². The Morgan fingerprint density at radius 1 is 1.11 bits per heavy atom. The lowest BCUT2D eigenvalue weighted by Gasteiger charge is -2.36. The second-order valence-electron chi connectivity index (χ2n) is 4.08. The van der Waals surface area contributed by atoms with Crippen molar-refractivity contribution in [3.63, 3.8) is 0 Å². The van der Waals surface area contributed by atoms with Crippen LogP contribution in [0.3, 0.4) is 0 Å². The van der Waals surface area contributed by atoms with E-state index < -0.39 is 0 Å². The third-order valence-electron chi connectivity index (χ3n) is 3.05. The lowest BCUT2D eigenvalue weighted by molar-refractivity contribution is 0.235. The number of para-hydroxylation sites is 2. The minimum atomic E-state index is -0.256. The molecule has 102 valence electrons. The zero-order chi connectivity index (χ0) is 13.4. The molecule has 2 N–H and O–H groups in total. The molecule has 4 heteroatoms. The molecule has 0 aliphatic carbocycles. The van der Waals surface area contributed by atoms with Crippen LogP contribution in [0, 0.1) is 0 Å². The Balaban J connectivity index is 0.000000771. The summed E-state index contributed by atoms with van der Waals surface area (Å²) < 4.78 is 12.2. The van der Waals surface area contributed by atoms with Crippen molar-refractivity contribution in [3.05, 3.63) is 24.3 Å². The molecule has 1 aliphatic rings. The number of alkyl halides is 1. The van der Waals surface area contributed by atoms with Crippen molar-refractivity contribution in [3.8, 4) is 0 Å². The van der Waals surface area contributed by atoms with Gasteiger partial charge < -0.3 is 10.6 Å². The van der Waals surface area contributed by atoms with Gasteiger partial charge in [-0.3, -0.25) is 4.90 Å². The van der Waals surface area contributed by atoms with Gasteiger partial charge in [-0.25, -0.2) is 4.39 Å². The SMILES string of the molecule is CC.Nc1ccccc1N1CCN(CCF)CC1. The van der Waals surface area contributed by atoms with Crippen LogP contribution in [0.2, 0.25) is 0 Å². The largest absolute Gasteiger partial charge is 0.397 e. The minimum Gasteiger partial charge on any atom is -0.397 e. The number of benzene rings is 1. The standard InChI is InChI=1S/C12H18FN3.C2H6/c13-5-6-15-7-9-16(10-8-15)12-4-2-1-3-11(12)14;1-2/h1-4H,5-10,14H2;1-2H3. The van der Waals surface area contributed by atoms with Crippen LogP contribution in [-0.2, 0) is 0 Å². The average Bonchev–Trinajstić information content (AvgIpc) is 2.43. The smallest absolute Gasteiger partial charge is 0.102 e. The minimum absolute atomic E-state index is 0.256. The summed E-state index contributed by atoms with van der Waals surface area (Å²) in [5.41, 5.74) is 7.85. The van der Waals surface area contributed by atoms with Crippen molar-refractivity contribution in [2.75, 3.05) is 50.0 Å². The Bertz CT molecular complexity index is 336.